The molecule has 0 fully saturated rings. The van der Waals surface area contributed by atoms with E-state index in [4.69, 9.17) is 4.74 Å². The van der Waals surface area contributed by atoms with Gasteiger partial charge in [0, 0.05) is 23.3 Å². The summed E-state index contributed by atoms with van der Waals surface area (Å²) in [6, 6.07) is 21.6. The van der Waals surface area contributed by atoms with Crippen LogP contribution in [0.5, 0.6) is 17.2 Å². The third-order valence-electron chi connectivity index (χ3n) is 6.37. The van der Waals surface area contributed by atoms with E-state index in [1.807, 2.05) is 24.3 Å². The number of aromatic hydroxyl groups is 2. The van der Waals surface area contributed by atoms with Crippen molar-refractivity contribution in [1.82, 2.24) is 0 Å². The van der Waals surface area contributed by atoms with Crippen LogP contribution in [0, 0.1) is 0 Å². The van der Waals surface area contributed by atoms with Crippen molar-refractivity contribution in [1.29, 1.82) is 0 Å². The summed E-state index contributed by atoms with van der Waals surface area (Å²) in [5.74, 6) is 1.73. The van der Waals surface area contributed by atoms with E-state index in [1.54, 1.807) is 24.3 Å². The lowest BCUT2D eigenvalue weighted by Gasteiger charge is -2.45. The van der Waals surface area contributed by atoms with E-state index >= 15 is 0 Å². The maximum atomic E-state index is 9.79. The second kappa shape index (κ2) is 7.39. The van der Waals surface area contributed by atoms with Crippen molar-refractivity contribution in [2.75, 3.05) is 0 Å². The molecule has 0 bridgehead atoms. The summed E-state index contributed by atoms with van der Waals surface area (Å²) in [4.78, 5) is 0. The fourth-order valence-corrected chi connectivity index (χ4v) is 5.02. The van der Waals surface area contributed by atoms with Crippen molar-refractivity contribution in [3.63, 3.8) is 0 Å². The first-order valence-corrected chi connectivity index (χ1v) is 10.6. The third kappa shape index (κ3) is 3.65. The lowest BCUT2D eigenvalue weighted by atomic mass is 9.67. The van der Waals surface area contributed by atoms with Crippen molar-refractivity contribution >= 4 is 0 Å². The smallest absolute Gasteiger partial charge is 0.124 e. The third-order valence-corrected chi connectivity index (χ3v) is 6.37. The average Bonchev–Trinajstić information content (AvgIpc) is 2.70. The first-order chi connectivity index (χ1) is 14.2. The lowest BCUT2D eigenvalue weighted by molar-refractivity contribution is 0.0582. The fraction of sp³-hybridized carbons (Fsp3) is 0.333. The zero-order valence-electron chi connectivity index (χ0n) is 18.1. The summed E-state index contributed by atoms with van der Waals surface area (Å²) >= 11 is 0. The van der Waals surface area contributed by atoms with Crippen LogP contribution in [0.3, 0.4) is 0 Å². The summed E-state index contributed by atoms with van der Waals surface area (Å²) in [6.07, 6.45) is 1.81. The molecule has 0 aliphatic carbocycles. The van der Waals surface area contributed by atoms with Crippen molar-refractivity contribution in [3.05, 3.63) is 89.0 Å². The molecule has 156 valence electrons. The molecule has 4 rings (SSSR count). The van der Waals surface area contributed by atoms with E-state index in [2.05, 4.69) is 45.9 Å². The molecule has 2 atom stereocenters. The molecule has 3 nitrogen and oxygen atoms in total. The fourth-order valence-electron chi connectivity index (χ4n) is 5.02. The first kappa shape index (κ1) is 20.3. The van der Waals surface area contributed by atoms with Crippen LogP contribution in [0.25, 0.3) is 0 Å². The van der Waals surface area contributed by atoms with Crippen LogP contribution in [0.1, 0.15) is 68.7 Å². The van der Waals surface area contributed by atoms with E-state index in [9.17, 15) is 10.2 Å². The molecule has 3 aromatic carbocycles. The van der Waals surface area contributed by atoms with Gasteiger partial charge in [0.2, 0.25) is 0 Å². The Bertz CT molecular complexity index is 1030. The highest BCUT2D eigenvalue weighted by molar-refractivity contribution is 5.53. The van der Waals surface area contributed by atoms with Gasteiger partial charge in [-0.05, 0) is 67.3 Å². The molecule has 1 aliphatic rings. The monoisotopic (exact) mass is 402 g/mol. The largest absolute Gasteiger partial charge is 0.508 e. The van der Waals surface area contributed by atoms with Gasteiger partial charge < -0.3 is 14.9 Å². The Morgan fingerprint density at radius 1 is 0.833 bits per heavy atom. The van der Waals surface area contributed by atoms with Crippen LogP contribution in [0.15, 0.2) is 66.7 Å². The number of benzene rings is 3. The van der Waals surface area contributed by atoms with Crippen LogP contribution >= 0.6 is 0 Å². The molecule has 0 saturated heterocycles. The second-order valence-corrected chi connectivity index (χ2v) is 9.23. The SMILES string of the molecule is CCC(c1ccc(O)cc1)c1ccc2c(c1)C(C)(c1ccc(O)cc1)CC(C)(C)O2. The molecule has 0 amide bonds. The van der Waals surface area contributed by atoms with E-state index in [0.29, 0.717) is 0 Å². The summed E-state index contributed by atoms with van der Waals surface area (Å²) in [7, 11) is 0. The average molecular weight is 403 g/mol. The van der Waals surface area contributed by atoms with E-state index in [-0.39, 0.29) is 28.4 Å². The molecule has 0 aromatic heterocycles. The Hall–Kier alpha value is -2.94. The van der Waals surface area contributed by atoms with Gasteiger partial charge in [-0.25, -0.2) is 0 Å². The summed E-state index contributed by atoms with van der Waals surface area (Å²) < 4.78 is 6.37. The maximum Gasteiger partial charge on any atom is 0.124 e. The van der Waals surface area contributed by atoms with Gasteiger partial charge in [-0.2, -0.15) is 0 Å². The van der Waals surface area contributed by atoms with E-state index < -0.39 is 0 Å². The molecule has 2 unspecified atom stereocenters. The minimum Gasteiger partial charge on any atom is -0.508 e. The van der Waals surface area contributed by atoms with Crippen LogP contribution < -0.4 is 4.74 Å². The Kier molecular flexibility index (Phi) is 5.01. The number of rotatable bonds is 4. The molecule has 0 saturated carbocycles. The summed E-state index contributed by atoms with van der Waals surface area (Å²) in [6.45, 7) is 8.73. The normalized spacial score (nSPS) is 20.8. The van der Waals surface area contributed by atoms with Gasteiger partial charge in [0.15, 0.2) is 0 Å². The Balaban J connectivity index is 1.84. The van der Waals surface area contributed by atoms with Crippen molar-refractivity contribution in [2.24, 2.45) is 0 Å². The summed E-state index contributed by atoms with van der Waals surface area (Å²) in [5.41, 5.74) is 4.28. The van der Waals surface area contributed by atoms with Gasteiger partial charge in [0.1, 0.15) is 22.8 Å². The van der Waals surface area contributed by atoms with Crippen molar-refractivity contribution in [3.8, 4) is 17.2 Å². The highest BCUT2D eigenvalue weighted by Crippen LogP contribution is 2.50. The predicted molar refractivity (Wildman–Crippen MR) is 121 cm³/mol. The molecule has 2 N–H and O–H groups in total. The highest BCUT2D eigenvalue weighted by Gasteiger charge is 2.43. The van der Waals surface area contributed by atoms with Gasteiger partial charge in [0.05, 0.1) is 0 Å². The number of ether oxygens (including phenoxy) is 1. The Labute approximate surface area is 179 Å². The number of hydrogen-bond donors (Lipinski definition) is 2. The quantitative estimate of drug-likeness (QED) is 0.523. The van der Waals surface area contributed by atoms with Gasteiger partial charge in [-0.15, -0.1) is 0 Å². The van der Waals surface area contributed by atoms with Gasteiger partial charge in [0.25, 0.3) is 0 Å². The predicted octanol–water partition coefficient (Wildman–Crippen LogP) is 6.51. The van der Waals surface area contributed by atoms with Crippen LogP contribution in [-0.4, -0.2) is 15.8 Å². The molecule has 0 spiro atoms. The second-order valence-electron chi connectivity index (χ2n) is 9.23. The van der Waals surface area contributed by atoms with Gasteiger partial charge in [-0.3, -0.25) is 0 Å². The van der Waals surface area contributed by atoms with E-state index in [1.165, 1.54) is 22.3 Å². The van der Waals surface area contributed by atoms with Gasteiger partial charge in [-0.1, -0.05) is 50.2 Å². The Morgan fingerprint density at radius 2 is 1.40 bits per heavy atom. The maximum absolute atomic E-state index is 9.79. The van der Waals surface area contributed by atoms with Gasteiger partial charge >= 0.3 is 0 Å². The standard InChI is InChI=1S/C27H30O3/c1-5-23(18-6-11-21(28)12-7-18)19-8-15-25-24(16-19)27(4,17-26(2,3)30-25)20-9-13-22(29)14-10-20/h6-16,23,28-29H,5,17H2,1-4H3. The van der Waals surface area contributed by atoms with Crippen LogP contribution in [0.4, 0.5) is 0 Å². The number of fused-ring (bicyclic) bond motifs is 1. The van der Waals surface area contributed by atoms with Crippen molar-refractivity contribution < 1.29 is 14.9 Å². The van der Waals surface area contributed by atoms with E-state index in [0.717, 1.165) is 18.6 Å². The minimum atomic E-state index is -0.289. The van der Waals surface area contributed by atoms with Crippen LogP contribution in [-0.2, 0) is 5.41 Å². The molecule has 3 aromatic rings. The first-order valence-electron chi connectivity index (χ1n) is 10.6. The Morgan fingerprint density at radius 3 is 2.00 bits per heavy atom. The molecular formula is C27H30O3. The number of phenolic OH excluding ortho intramolecular Hbond substituents is 2. The molecular weight excluding hydrogens is 372 g/mol. The zero-order valence-corrected chi connectivity index (χ0v) is 18.1. The van der Waals surface area contributed by atoms with Crippen molar-refractivity contribution in [2.45, 2.75) is 57.5 Å². The molecule has 3 heteroatoms. The minimum absolute atomic E-state index is 0.228. The zero-order chi connectivity index (χ0) is 21.5. The molecule has 0 radical (unpaired) electrons. The van der Waals surface area contributed by atoms with Crippen LogP contribution in [0.2, 0.25) is 0 Å². The molecule has 1 heterocycles. The molecule has 30 heavy (non-hydrogen) atoms. The molecule has 1 aliphatic heterocycles. The number of hydrogen-bond acceptors (Lipinski definition) is 3. The topological polar surface area (TPSA) is 49.7 Å². The summed E-state index contributed by atoms with van der Waals surface area (Å²) in [5, 5.41) is 19.5. The highest BCUT2D eigenvalue weighted by atomic mass is 16.5. The number of phenols is 2. The lowest BCUT2D eigenvalue weighted by Crippen LogP contribution is -2.43.